The van der Waals surface area contributed by atoms with E-state index in [1.807, 2.05) is 0 Å². The second-order valence-corrected chi connectivity index (χ2v) is 5.85. The van der Waals surface area contributed by atoms with Crippen LogP contribution in [0, 0.1) is 6.92 Å². The van der Waals surface area contributed by atoms with Gasteiger partial charge in [-0.25, -0.2) is 4.98 Å². The molecular formula is C15H20ClN3. The molecule has 0 amide bonds. The van der Waals surface area contributed by atoms with Gasteiger partial charge in [-0.15, -0.1) is 11.6 Å². The second-order valence-electron chi connectivity index (χ2n) is 5.58. The summed E-state index contributed by atoms with van der Waals surface area (Å²) in [5, 5.41) is 0. The molecule has 0 spiro atoms. The van der Waals surface area contributed by atoms with Crippen LogP contribution in [0.2, 0.25) is 0 Å². The van der Waals surface area contributed by atoms with Crippen LogP contribution in [-0.2, 0) is 5.88 Å². The van der Waals surface area contributed by atoms with Crippen molar-refractivity contribution >= 4 is 22.6 Å². The Morgan fingerprint density at radius 3 is 3.00 bits per heavy atom. The summed E-state index contributed by atoms with van der Waals surface area (Å²) >= 11 is 6.10. The molecule has 1 aliphatic heterocycles. The van der Waals surface area contributed by atoms with Gasteiger partial charge in [-0.2, -0.15) is 0 Å². The van der Waals surface area contributed by atoms with Gasteiger partial charge in [0.25, 0.3) is 0 Å². The van der Waals surface area contributed by atoms with E-state index >= 15 is 0 Å². The number of piperidine rings is 1. The fraction of sp³-hybridized carbons (Fsp3) is 0.533. The number of likely N-dealkylation sites (N-methyl/N-ethyl adjacent to an activating group) is 1. The van der Waals surface area contributed by atoms with Crippen LogP contribution in [-0.4, -0.2) is 34.6 Å². The zero-order valence-electron chi connectivity index (χ0n) is 11.6. The van der Waals surface area contributed by atoms with Crippen molar-refractivity contribution in [3.63, 3.8) is 0 Å². The molecule has 3 nitrogen and oxygen atoms in total. The van der Waals surface area contributed by atoms with E-state index in [9.17, 15) is 0 Å². The Balaban J connectivity index is 2.10. The van der Waals surface area contributed by atoms with Gasteiger partial charge in [0, 0.05) is 12.6 Å². The Hall–Kier alpha value is -1.06. The number of aromatic nitrogens is 2. The summed E-state index contributed by atoms with van der Waals surface area (Å²) in [7, 11) is 2.19. The van der Waals surface area contributed by atoms with Crippen molar-refractivity contribution in [3.8, 4) is 0 Å². The Morgan fingerprint density at radius 1 is 1.42 bits per heavy atom. The second kappa shape index (κ2) is 5.14. The predicted octanol–water partition coefficient (Wildman–Crippen LogP) is 3.35. The van der Waals surface area contributed by atoms with Gasteiger partial charge in [0.2, 0.25) is 0 Å². The topological polar surface area (TPSA) is 21.1 Å². The first-order valence-electron chi connectivity index (χ1n) is 6.91. The molecule has 3 rings (SSSR count). The molecule has 2 heterocycles. The highest BCUT2D eigenvalue weighted by atomic mass is 35.5. The van der Waals surface area contributed by atoms with E-state index < -0.39 is 0 Å². The molecule has 0 N–H and O–H groups in total. The minimum absolute atomic E-state index is 0.480. The van der Waals surface area contributed by atoms with E-state index in [0.29, 0.717) is 11.9 Å². The van der Waals surface area contributed by atoms with E-state index in [1.54, 1.807) is 0 Å². The van der Waals surface area contributed by atoms with E-state index in [0.717, 1.165) is 17.9 Å². The third-order valence-corrected chi connectivity index (χ3v) is 4.24. The molecule has 4 heteroatoms. The molecule has 0 saturated carbocycles. The number of hydrogen-bond donors (Lipinski definition) is 0. The molecule has 1 unspecified atom stereocenters. The maximum absolute atomic E-state index is 6.10. The Kier molecular flexibility index (Phi) is 3.50. The lowest BCUT2D eigenvalue weighted by atomic mass is 10.1. The van der Waals surface area contributed by atoms with Crippen molar-refractivity contribution in [3.05, 3.63) is 29.6 Å². The zero-order valence-corrected chi connectivity index (χ0v) is 12.3. The van der Waals surface area contributed by atoms with Crippen LogP contribution in [0.1, 0.15) is 30.3 Å². The fourth-order valence-electron chi connectivity index (χ4n) is 3.11. The predicted molar refractivity (Wildman–Crippen MR) is 79.8 cm³/mol. The van der Waals surface area contributed by atoms with Crippen LogP contribution in [0.5, 0.6) is 0 Å². The number of benzene rings is 1. The molecule has 1 fully saturated rings. The molecule has 1 aromatic carbocycles. The molecule has 1 atom stereocenters. The maximum Gasteiger partial charge on any atom is 0.125 e. The smallest absolute Gasteiger partial charge is 0.125 e. The van der Waals surface area contributed by atoms with Gasteiger partial charge in [0.05, 0.1) is 16.9 Å². The van der Waals surface area contributed by atoms with Gasteiger partial charge in [-0.3, -0.25) is 0 Å². The van der Waals surface area contributed by atoms with Gasteiger partial charge in [-0.1, -0.05) is 6.07 Å². The number of likely N-dealkylation sites (tertiary alicyclic amines) is 1. The van der Waals surface area contributed by atoms with Crippen molar-refractivity contribution < 1.29 is 0 Å². The van der Waals surface area contributed by atoms with Crippen molar-refractivity contribution in [2.24, 2.45) is 0 Å². The largest absolute Gasteiger partial charge is 0.323 e. The van der Waals surface area contributed by atoms with Crippen LogP contribution in [0.4, 0.5) is 0 Å². The molecule has 1 saturated heterocycles. The molecule has 0 bridgehead atoms. The SMILES string of the molecule is Cc1ccc2c(c1)nc(CCl)n2C1CCCN(C)C1. The summed E-state index contributed by atoms with van der Waals surface area (Å²) in [6.07, 6.45) is 2.46. The highest BCUT2D eigenvalue weighted by molar-refractivity contribution is 6.16. The third-order valence-electron chi connectivity index (χ3n) is 4.00. The summed E-state index contributed by atoms with van der Waals surface area (Å²) in [5.74, 6) is 1.48. The van der Waals surface area contributed by atoms with E-state index in [2.05, 4.69) is 41.6 Å². The van der Waals surface area contributed by atoms with Crippen LogP contribution < -0.4 is 0 Å². The van der Waals surface area contributed by atoms with Gasteiger partial charge in [-0.05, 0) is 51.1 Å². The number of nitrogens with zero attached hydrogens (tertiary/aromatic N) is 3. The highest BCUT2D eigenvalue weighted by Crippen LogP contribution is 2.28. The first-order valence-corrected chi connectivity index (χ1v) is 7.44. The number of hydrogen-bond acceptors (Lipinski definition) is 2. The summed E-state index contributed by atoms with van der Waals surface area (Å²) in [6.45, 7) is 4.38. The first kappa shape index (κ1) is 12.9. The van der Waals surface area contributed by atoms with Crippen LogP contribution in [0.3, 0.4) is 0 Å². The van der Waals surface area contributed by atoms with Gasteiger partial charge in [0.15, 0.2) is 0 Å². The van der Waals surface area contributed by atoms with Gasteiger partial charge in [0.1, 0.15) is 5.82 Å². The summed E-state index contributed by atoms with van der Waals surface area (Å²) < 4.78 is 2.36. The van der Waals surface area contributed by atoms with Crippen molar-refractivity contribution in [2.45, 2.75) is 31.7 Å². The number of aryl methyl sites for hydroxylation is 1. The summed E-state index contributed by atoms with van der Waals surface area (Å²) in [4.78, 5) is 7.10. The molecular weight excluding hydrogens is 258 g/mol. The zero-order chi connectivity index (χ0) is 13.4. The maximum atomic E-state index is 6.10. The van der Waals surface area contributed by atoms with E-state index in [-0.39, 0.29) is 0 Å². The van der Waals surface area contributed by atoms with Crippen molar-refractivity contribution in [1.29, 1.82) is 0 Å². The molecule has 0 radical (unpaired) electrons. The number of halogens is 1. The fourth-order valence-corrected chi connectivity index (χ4v) is 3.30. The lowest BCUT2D eigenvalue weighted by molar-refractivity contribution is 0.213. The molecule has 1 aromatic heterocycles. The molecule has 102 valence electrons. The standard InChI is InChI=1S/C15H20ClN3/c1-11-5-6-14-13(8-11)17-15(9-16)19(14)12-4-3-7-18(2)10-12/h5-6,8,12H,3-4,7,9-10H2,1-2H3. The molecule has 1 aliphatic rings. The minimum Gasteiger partial charge on any atom is -0.323 e. The van der Waals surface area contributed by atoms with E-state index in [1.165, 1.54) is 30.5 Å². The highest BCUT2D eigenvalue weighted by Gasteiger charge is 2.23. The van der Waals surface area contributed by atoms with Crippen LogP contribution in [0.25, 0.3) is 11.0 Å². The molecule has 19 heavy (non-hydrogen) atoms. The van der Waals surface area contributed by atoms with Crippen molar-refractivity contribution in [2.75, 3.05) is 20.1 Å². The summed E-state index contributed by atoms with van der Waals surface area (Å²) in [6, 6.07) is 6.99. The summed E-state index contributed by atoms with van der Waals surface area (Å²) in [5.41, 5.74) is 3.55. The lowest BCUT2D eigenvalue weighted by Gasteiger charge is -2.31. The molecule has 0 aliphatic carbocycles. The van der Waals surface area contributed by atoms with Gasteiger partial charge < -0.3 is 9.47 Å². The Labute approximate surface area is 119 Å². The van der Waals surface area contributed by atoms with E-state index in [4.69, 9.17) is 16.6 Å². The average molecular weight is 278 g/mol. The quantitative estimate of drug-likeness (QED) is 0.785. The first-order chi connectivity index (χ1) is 9.19. The van der Waals surface area contributed by atoms with Crippen molar-refractivity contribution in [1.82, 2.24) is 14.5 Å². The lowest BCUT2D eigenvalue weighted by Crippen LogP contribution is -2.34. The van der Waals surface area contributed by atoms with Gasteiger partial charge >= 0.3 is 0 Å². The number of fused-ring (bicyclic) bond motifs is 1. The molecule has 2 aromatic rings. The monoisotopic (exact) mass is 277 g/mol. The van der Waals surface area contributed by atoms with Crippen LogP contribution >= 0.6 is 11.6 Å². The number of imidazole rings is 1. The Morgan fingerprint density at radius 2 is 2.26 bits per heavy atom. The van der Waals surface area contributed by atoms with Crippen LogP contribution in [0.15, 0.2) is 18.2 Å². The number of alkyl halides is 1. The third kappa shape index (κ3) is 2.37. The minimum atomic E-state index is 0.480. The number of rotatable bonds is 2. The normalized spacial score (nSPS) is 21.1. The Bertz CT molecular complexity index is 590. The average Bonchev–Trinajstić information content (AvgIpc) is 2.76.